The fourth-order valence-corrected chi connectivity index (χ4v) is 5.92. The maximum absolute atomic E-state index is 12.5. The normalized spacial score (nSPS) is 14.1. The summed E-state index contributed by atoms with van der Waals surface area (Å²) < 4.78 is 12.8. The molecule has 0 saturated carbocycles. The molecule has 0 bridgehead atoms. The first-order valence-electron chi connectivity index (χ1n) is 15.2. The number of rotatable bonds is 7. The van der Waals surface area contributed by atoms with E-state index in [2.05, 4.69) is 62.8 Å². The van der Waals surface area contributed by atoms with Crippen molar-refractivity contribution in [1.82, 2.24) is 24.5 Å². The average molecular weight is 599 g/mol. The van der Waals surface area contributed by atoms with Gasteiger partial charge in [0.25, 0.3) is 0 Å². The quantitative estimate of drug-likeness (QED) is 0.209. The van der Waals surface area contributed by atoms with E-state index in [1.165, 1.54) is 5.56 Å². The molecule has 0 aliphatic carbocycles. The monoisotopic (exact) mass is 598 g/mol. The first-order chi connectivity index (χ1) is 22.0. The van der Waals surface area contributed by atoms with Crippen LogP contribution in [0.5, 0.6) is 5.75 Å². The van der Waals surface area contributed by atoms with Crippen LogP contribution in [0.1, 0.15) is 24.1 Å². The number of aryl methyl sites for hydroxylation is 1. The number of anilines is 1. The van der Waals surface area contributed by atoms with Crippen LogP contribution in [0.15, 0.2) is 97.2 Å². The summed E-state index contributed by atoms with van der Waals surface area (Å²) in [6.45, 7) is 4.51. The van der Waals surface area contributed by atoms with Gasteiger partial charge in [-0.2, -0.15) is 9.61 Å². The molecule has 7 rings (SSSR count). The number of carbonyl (C=O) groups excluding carboxylic acids is 1. The number of piperidine rings is 1. The maximum Gasteiger partial charge on any atom is 0.411 e. The van der Waals surface area contributed by atoms with E-state index >= 15 is 0 Å². The fraction of sp³-hybridized carbons (Fsp3) is 0.222. The third-order valence-corrected chi connectivity index (χ3v) is 8.22. The van der Waals surface area contributed by atoms with Crippen molar-refractivity contribution < 1.29 is 14.3 Å². The highest BCUT2D eigenvalue weighted by molar-refractivity contribution is 5.90. The number of methoxy groups -OCH3 is 1. The van der Waals surface area contributed by atoms with Gasteiger partial charge in [-0.25, -0.2) is 14.8 Å². The zero-order valence-electron chi connectivity index (χ0n) is 25.3. The van der Waals surface area contributed by atoms with Gasteiger partial charge in [-0.15, -0.1) is 0 Å². The van der Waals surface area contributed by atoms with Crippen molar-refractivity contribution in [2.45, 2.75) is 32.4 Å². The lowest BCUT2D eigenvalue weighted by Gasteiger charge is -2.31. The van der Waals surface area contributed by atoms with Crippen molar-refractivity contribution in [2.75, 3.05) is 25.5 Å². The van der Waals surface area contributed by atoms with Crippen molar-refractivity contribution in [1.29, 1.82) is 0 Å². The standard InChI is InChI=1S/C36H34N6O3/c1-24-19-33-37-22-28-20-32(26-7-4-3-5-8-26)34(39-35(28)42(33)40-24)27-13-11-25(12-14-27)23-41-17-15-30(16-18-41)45-36(43)38-29-9-6-10-31(21-29)44-2/h3-14,19-22,30H,15-18,23H2,1-2H3,(H,38,43). The van der Waals surface area contributed by atoms with E-state index in [9.17, 15) is 4.79 Å². The highest BCUT2D eigenvalue weighted by atomic mass is 16.6. The van der Waals surface area contributed by atoms with Crippen molar-refractivity contribution in [2.24, 2.45) is 0 Å². The summed E-state index contributed by atoms with van der Waals surface area (Å²) in [6, 6.07) is 30.4. The van der Waals surface area contributed by atoms with Crippen LogP contribution in [-0.2, 0) is 11.3 Å². The van der Waals surface area contributed by atoms with Crippen LogP contribution in [0.2, 0.25) is 0 Å². The number of amides is 1. The predicted octanol–water partition coefficient (Wildman–Crippen LogP) is 7.14. The number of likely N-dealkylation sites (tertiary alicyclic amines) is 1. The molecule has 0 radical (unpaired) electrons. The molecule has 0 spiro atoms. The average Bonchev–Trinajstić information content (AvgIpc) is 3.46. The largest absolute Gasteiger partial charge is 0.497 e. The van der Waals surface area contributed by atoms with Crippen LogP contribution in [0, 0.1) is 6.92 Å². The van der Waals surface area contributed by atoms with E-state index in [4.69, 9.17) is 14.5 Å². The molecule has 1 amide bonds. The van der Waals surface area contributed by atoms with Crippen LogP contribution in [0.25, 0.3) is 39.1 Å². The van der Waals surface area contributed by atoms with Gasteiger partial charge >= 0.3 is 6.09 Å². The molecule has 9 heteroatoms. The molecule has 3 aromatic carbocycles. The Balaban J connectivity index is 1.04. The zero-order chi connectivity index (χ0) is 30.8. The zero-order valence-corrected chi connectivity index (χ0v) is 25.3. The van der Waals surface area contributed by atoms with Crippen LogP contribution in [0.3, 0.4) is 0 Å². The van der Waals surface area contributed by atoms with Gasteiger partial charge in [0.05, 0.1) is 18.5 Å². The molecule has 45 heavy (non-hydrogen) atoms. The van der Waals surface area contributed by atoms with Gasteiger partial charge < -0.3 is 9.47 Å². The van der Waals surface area contributed by atoms with Gasteiger partial charge in [-0.1, -0.05) is 60.7 Å². The van der Waals surface area contributed by atoms with Gasteiger partial charge in [-0.05, 0) is 49.1 Å². The van der Waals surface area contributed by atoms with Gasteiger partial charge in [0, 0.05) is 60.2 Å². The summed E-state index contributed by atoms with van der Waals surface area (Å²) in [6.07, 6.45) is 2.92. The lowest BCUT2D eigenvalue weighted by Crippen LogP contribution is -2.38. The van der Waals surface area contributed by atoms with E-state index in [0.717, 1.165) is 77.2 Å². The SMILES string of the molecule is COc1cccc(NC(=O)OC2CCN(Cc3ccc(-c4nc5c(cnc6cc(C)nn65)cc4-c4ccccc4)cc3)CC2)c1. The number of benzene rings is 3. The van der Waals surface area contributed by atoms with E-state index in [1.807, 2.05) is 60.1 Å². The molecule has 1 saturated heterocycles. The minimum Gasteiger partial charge on any atom is -0.497 e. The Kier molecular flexibility index (Phi) is 7.83. The Morgan fingerprint density at radius 2 is 1.73 bits per heavy atom. The Bertz CT molecular complexity index is 1970. The van der Waals surface area contributed by atoms with Crippen molar-refractivity contribution in [3.05, 3.63) is 108 Å². The van der Waals surface area contributed by atoms with Crippen LogP contribution in [0.4, 0.5) is 10.5 Å². The van der Waals surface area contributed by atoms with Crippen molar-refractivity contribution in [3.8, 4) is 28.1 Å². The topological polar surface area (TPSA) is 93.9 Å². The van der Waals surface area contributed by atoms with Gasteiger partial charge in [0.15, 0.2) is 11.3 Å². The van der Waals surface area contributed by atoms with Crippen molar-refractivity contribution >= 4 is 28.5 Å². The summed E-state index contributed by atoms with van der Waals surface area (Å²) in [7, 11) is 1.60. The third kappa shape index (κ3) is 6.21. The lowest BCUT2D eigenvalue weighted by atomic mass is 9.97. The first kappa shape index (κ1) is 28.5. The molecule has 1 aliphatic heterocycles. The summed E-state index contributed by atoms with van der Waals surface area (Å²) in [5.41, 5.74) is 8.46. The molecule has 1 fully saturated rings. The van der Waals surface area contributed by atoms with Crippen LogP contribution in [-0.4, -0.2) is 56.9 Å². The molecule has 4 heterocycles. The number of hydrogen-bond acceptors (Lipinski definition) is 7. The Morgan fingerprint density at radius 3 is 2.51 bits per heavy atom. The number of ether oxygens (including phenoxy) is 2. The minimum atomic E-state index is -0.436. The van der Waals surface area contributed by atoms with E-state index in [-0.39, 0.29) is 6.10 Å². The van der Waals surface area contributed by atoms with Crippen LogP contribution < -0.4 is 10.1 Å². The van der Waals surface area contributed by atoms with E-state index in [1.54, 1.807) is 13.2 Å². The number of nitrogens with one attached hydrogen (secondary N) is 1. The number of carbonyl (C=O) groups is 1. The molecule has 1 aliphatic rings. The second-order valence-electron chi connectivity index (χ2n) is 11.4. The Hall–Kier alpha value is -5.28. The van der Waals surface area contributed by atoms with E-state index < -0.39 is 6.09 Å². The van der Waals surface area contributed by atoms with Crippen molar-refractivity contribution in [3.63, 3.8) is 0 Å². The predicted molar refractivity (Wildman–Crippen MR) is 175 cm³/mol. The van der Waals surface area contributed by atoms with Gasteiger partial charge in [-0.3, -0.25) is 10.2 Å². The Morgan fingerprint density at radius 1 is 0.933 bits per heavy atom. The smallest absolute Gasteiger partial charge is 0.411 e. The highest BCUT2D eigenvalue weighted by Gasteiger charge is 2.23. The molecular weight excluding hydrogens is 564 g/mol. The molecule has 1 N–H and O–H groups in total. The fourth-order valence-electron chi connectivity index (χ4n) is 5.92. The number of aromatic nitrogens is 4. The summed E-state index contributed by atoms with van der Waals surface area (Å²) in [5, 5.41) is 8.39. The van der Waals surface area contributed by atoms with Crippen LogP contribution >= 0.6 is 0 Å². The number of nitrogens with zero attached hydrogens (tertiary/aromatic N) is 5. The summed E-state index contributed by atoms with van der Waals surface area (Å²) >= 11 is 0. The Labute approximate surface area is 261 Å². The van der Waals surface area contributed by atoms with E-state index in [0.29, 0.717) is 11.4 Å². The molecule has 226 valence electrons. The molecule has 9 nitrogen and oxygen atoms in total. The maximum atomic E-state index is 12.5. The number of fused-ring (bicyclic) bond motifs is 3. The second-order valence-corrected chi connectivity index (χ2v) is 11.4. The third-order valence-electron chi connectivity index (χ3n) is 8.22. The number of pyridine rings is 1. The molecular formula is C36H34N6O3. The molecule has 3 aromatic heterocycles. The lowest BCUT2D eigenvalue weighted by molar-refractivity contribution is 0.0567. The first-order valence-corrected chi connectivity index (χ1v) is 15.2. The summed E-state index contributed by atoms with van der Waals surface area (Å²) in [5.74, 6) is 0.683. The number of hydrogen-bond donors (Lipinski definition) is 1. The molecule has 0 unspecified atom stereocenters. The van der Waals surface area contributed by atoms with Gasteiger partial charge in [0.1, 0.15) is 11.9 Å². The second kappa shape index (κ2) is 12.4. The van der Waals surface area contributed by atoms with Gasteiger partial charge in [0.2, 0.25) is 0 Å². The minimum absolute atomic E-state index is 0.107. The highest BCUT2D eigenvalue weighted by Crippen LogP contribution is 2.34. The molecule has 0 atom stereocenters. The summed E-state index contributed by atoms with van der Waals surface area (Å²) in [4.78, 5) is 24.6. The molecule has 6 aromatic rings.